The molecule has 1 aliphatic rings. The summed E-state index contributed by atoms with van der Waals surface area (Å²) in [5.41, 5.74) is 0. The molecule has 0 saturated carbocycles. The first-order valence-electron chi connectivity index (χ1n) is 10.0. The van der Waals surface area contributed by atoms with Crippen LogP contribution in [-0.2, 0) is 14.8 Å². The summed E-state index contributed by atoms with van der Waals surface area (Å²) in [6.45, 7) is 5.29. The Labute approximate surface area is 166 Å². The van der Waals surface area contributed by atoms with E-state index in [1.165, 1.54) is 4.31 Å². The standard InChI is InChI=1S/C20H30F2N2O3S/c1-3-5-6-15(4-2)14-23-20(25)16-9-11-24(12-10-16)28(26,27)17-7-8-18(21)19(22)13-17/h7-8,13,15-16H,3-6,9-12,14H2,1-2H3,(H,23,25). The summed E-state index contributed by atoms with van der Waals surface area (Å²) in [7, 11) is -3.90. The van der Waals surface area contributed by atoms with Crippen LogP contribution in [0.2, 0.25) is 0 Å². The molecular formula is C20H30F2N2O3S. The Kier molecular flexibility index (Phi) is 8.37. The van der Waals surface area contributed by atoms with Crippen molar-refractivity contribution in [3.63, 3.8) is 0 Å². The Bertz CT molecular complexity index is 763. The molecule has 1 aromatic rings. The minimum atomic E-state index is -3.90. The minimum absolute atomic E-state index is 0.0279. The first kappa shape index (κ1) is 22.7. The lowest BCUT2D eigenvalue weighted by atomic mass is 9.95. The van der Waals surface area contributed by atoms with Crippen molar-refractivity contribution in [3.05, 3.63) is 29.8 Å². The molecule has 1 heterocycles. The van der Waals surface area contributed by atoms with Gasteiger partial charge in [0.15, 0.2) is 11.6 Å². The van der Waals surface area contributed by atoms with E-state index in [1.807, 2.05) is 0 Å². The SMILES string of the molecule is CCCCC(CC)CNC(=O)C1CCN(S(=O)(=O)c2ccc(F)c(F)c2)CC1. The molecule has 0 aliphatic carbocycles. The number of piperidine rings is 1. The quantitative estimate of drug-likeness (QED) is 0.668. The molecule has 1 fully saturated rings. The maximum Gasteiger partial charge on any atom is 0.243 e. The van der Waals surface area contributed by atoms with Crippen LogP contribution in [-0.4, -0.2) is 38.3 Å². The molecular weight excluding hydrogens is 386 g/mol. The van der Waals surface area contributed by atoms with Gasteiger partial charge in [-0.05, 0) is 43.4 Å². The zero-order valence-corrected chi connectivity index (χ0v) is 17.4. The average Bonchev–Trinajstić information content (AvgIpc) is 2.70. The van der Waals surface area contributed by atoms with Crippen LogP contribution in [0.4, 0.5) is 8.78 Å². The molecule has 2 rings (SSSR count). The minimum Gasteiger partial charge on any atom is -0.356 e. The van der Waals surface area contributed by atoms with Crippen LogP contribution >= 0.6 is 0 Å². The van der Waals surface area contributed by atoms with E-state index in [1.54, 1.807) is 0 Å². The molecule has 1 saturated heterocycles. The average molecular weight is 417 g/mol. The summed E-state index contributed by atoms with van der Waals surface area (Å²) in [4.78, 5) is 12.2. The van der Waals surface area contributed by atoms with Gasteiger partial charge in [-0.25, -0.2) is 17.2 Å². The number of hydrogen-bond acceptors (Lipinski definition) is 3. The van der Waals surface area contributed by atoms with E-state index in [2.05, 4.69) is 19.2 Å². The van der Waals surface area contributed by atoms with Crippen LogP contribution in [0.25, 0.3) is 0 Å². The maximum absolute atomic E-state index is 13.4. The van der Waals surface area contributed by atoms with Gasteiger partial charge in [0.1, 0.15) is 0 Å². The predicted molar refractivity (Wildman–Crippen MR) is 104 cm³/mol. The molecule has 1 aliphatic heterocycles. The van der Waals surface area contributed by atoms with Crippen LogP contribution in [0.15, 0.2) is 23.1 Å². The molecule has 1 N–H and O–H groups in total. The second-order valence-corrected chi connectivity index (χ2v) is 9.35. The number of carbonyl (C=O) groups is 1. The molecule has 158 valence electrons. The highest BCUT2D eigenvalue weighted by atomic mass is 32.2. The first-order chi connectivity index (χ1) is 13.3. The third kappa shape index (κ3) is 5.73. The molecule has 8 heteroatoms. The summed E-state index contributed by atoms with van der Waals surface area (Å²) >= 11 is 0. The molecule has 1 amide bonds. The number of carbonyl (C=O) groups excluding carboxylic acids is 1. The molecule has 5 nitrogen and oxygen atoms in total. The highest BCUT2D eigenvalue weighted by Crippen LogP contribution is 2.25. The Hall–Kier alpha value is -1.54. The number of unbranched alkanes of at least 4 members (excludes halogenated alkanes) is 1. The van der Waals surface area contributed by atoms with E-state index < -0.39 is 21.7 Å². The Morgan fingerprint density at radius 1 is 1.21 bits per heavy atom. The van der Waals surface area contributed by atoms with Gasteiger partial charge in [0.25, 0.3) is 0 Å². The predicted octanol–water partition coefficient (Wildman–Crippen LogP) is 3.70. The lowest BCUT2D eigenvalue weighted by Gasteiger charge is -2.31. The van der Waals surface area contributed by atoms with Crippen molar-refractivity contribution in [1.82, 2.24) is 9.62 Å². The summed E-state index contributed by atoms with van der Waals surface area (Å²) in [6, 6.07) is 2.57. The van der Waals surface area contributed by atoms with Crippen molar-refractivity contribution in [3.8, 4) is 0 Å². The van der Waals surface area contributed by atoms with Crippen LogP contribution in [0.3, 0.4) is 0 Å². The van der Waals surface area contributed by atoms with Crippen LogP contribution in [0.1, 0.15) is 52.4 Å². The van der Waals surface area contributed by atoms with Crippen LogP contribution < -0.4 is 5.32 Å². The smallest absolute Gasteiger partial charge is 0.243 e. The topological polar surface area (TPSA) is 66.5 Å². The highest BCUT2D eigenvalue weighted by molar-refractivity contribution is 7.89. The van der Waals surface area contributed by atoms with Crippen molar-refractivity contribution in [2.24, 2.45) is 11.8 Å². The molecule has 0 aromatic heterocycles. The van der Waals surface area contributed by atoms with Crippen molar-refractivity contribution < 1.29 is 22.0 Å². The lowest BCUT2D eigenvalue weighted by Crippen LogP contribution is -2.43. The van der Waals surface area contributed by atoms with E-state index in [4.69, 9.17) is 0 Å². The Morgan fingerprint density at radius 2 is 1.89 bits per heavy atom. The lowest BCUT2D eigenvalue weighted by molar-refractivity contribution is -0.126. The molecule has 1 aromatic carbocycles. The normalized spacial score (nSPS) is 17.4. The summed E-state index contributed by atoms with van der Waals surface area (Å²) < 4.78 is 52.9. The fourth-order valence-corrected chi connectivity index (χ4v) is 4.96. The highest BCUT2D eigenvalue weighted by Gasteiger charge is 2.32. The monoisotopic (exact) mass is 416 g/mol. The number of benzene rings is 1. The van der Waals surface area contributed by atoms with Gasteiger partial charge in [-0.15, -0.1) is 0 Å². The molecule has 1 atom stereocenters. The molecule has 0 radical (unpaired) electrons. The summed E-state index contributed by atoms with van der Waals surface area (Å²) in [6.07, 6.45) is 5.23. The zero-order chi connectivity index (χ0) is 20.7. The van der Waals surface area contributed by atoms with Crippen LogP contribution in [0, 0.1) is 23.5 Å². The fourth-order valence-electron chi connectivity index (χ4n) is 3.48. The van der Waals surface area contributed by atoms with Gasteiger partial charge in [-0.1, -0.05) is 33.1 Å². The van der Waals surface area contributed by atoms with E-state index in [-0.39, 0.29) is 29.8 Å². The Balaban J connectivity index is 1.89. The molecule has 0 bridgehead atoms. The number of amides is 1. The van der Waals surface area contributed by atoms with Gasteiger partial charge >= 0.3 is 0 Å². The second-order valence-electron chi connectivity index (χ2n) is 7.42. The van der Waals surface area contributed by atoms with Gasteiger partial charge in [0.05, 0.1) is 4.90 Å². The number of nitrogens with zero attached hydrogens (tertiary/aromatic N) is 1. The van der Waals surface area contributed by atoms with E-state index in [0.717, 1.165) is 37.8 Å². The number of sulfonamides is 1. The van der Waals surface area contributed by atoms with Gasteiger partial charge in [0.2, 0.25) is 15.9 Å². The first-order valence-corrected chi connectivity index (χ1v) is 11.5. The largest absolute Gasteiger partial charge is 0.356 e. The molecule has 28 heavy (non-hydrogen) atoms. The van der Waals surface area contributed by atoms with Gasteiger partial charge in [0, 0.05) is 25.6 Å². The summed E-state index contributed by atoms with van der Waals surface area (Å²) in [5.74, 6) is -2.06. The Morgan fingerprint density at radius 3 is 2.46 bits per heavy atom. The van der Waals surface area contributed by atoms with Crippen molar-refractivity contribution in [1.29, 1.82) is 0 Å². The zero-order valence-electron chi connectivity index (χ0n) is 16.6. The van der Waals surface area contributed by atoms with Gasteiger partial charge < -0.3 is 5.32 Å². The number of rotatable bonds is 9. The second kappa shape index (κ2) is 10.3. The third-order valence-corrected chi connectivity index (χ3v) is 7.36. The number of hydrogen-bond donors (Lipinski definition) is 1. The summed E-state index contributed by atoms with van der Waals surface area (Å²) in [5, 5.41) is 3.01. The van der Waals surface area contributed by atoms with E-state index >= 15 is 0 Å². The van der Waals surface area contributed by atoms with Gasteiger partial charge in [-0.3, -0.25) is 4.79 Å². The van der Waals surface area contributed by atoms with Crippen molar-refractivity contribution in [2.75, 3.05) is 19.6 Å². The fraction of sp³-hybridized carbons (Fsp3) is 0.650. The van der Waals surface area contributed by atoms with Gasteiger partial charge in [-0.2, -0.15) is 4.31 Å². The third-order valence-electron chi connectivity index (χ3n) is 5.46. The van der Waals surface area contributed by atoms with E-state index in [0.29, 0.717) is 31.4 Å². The number of halogens is 2. The number of nitrogens with one attached hydrogen (secondary N) is 1. The maximum atomic E-state index is 13.4. The van der Waals surface area contributed by atoms with Crippen molar-refractivity contribution >= 4 is 15.9 Å². The van der Waals surface area contributed by atoms with Crippen LogP contribution in [0.5, 0.6) is 0 Å². The molecule has 1 unspecified atom stereocenters. The molecule has 0 spiro atoms. The van der Waals surface area contributed by atoms with Crippen molar-refractivity contribution in [2.45, 2.75) is 57.3 Å². The van der Waals surface area contributed by atoms with E-state index in [9.17, 15) is 22.0 Å².